The highest BCUT2D eigenvalue weighted by molar-refractivity contribution is 6.46. The number of benzene rings is 2. The average Bonchev–Trinajstić information content (AvgIpc) is 3.43. The molecule has 2 heterocycles. The largest absolute Gasteiger partial charge is 0.507 e. The molecule has 0 bridgehead atoms. The summed E-state index contributed by atoms with van der Waals surface area (Å²) in [6, 6.07) is 15.4. The predicted octanol–water partition coefficient (Wildman–Crippen LogP) is 5.31. The van der Waals surface area contributed by atoms with E-state index >= 15 is 0 Å². The Hall–Kier alpha value is -3.80. The van der Waals surface area contributed by atoms with Gasteiger partial charge in [0.1, 0.15) is 23.3 Å². The standard InChI is InChI=1S/C27H27NO5/c1-4-13-32-21-11-9-19(10-12-21)25(29)23-24(22-6-5-14-33-22)28(27(31)26(23)30)16-20-15-17(2)7-8-18(20)3/h5-12,14-15,24,29H,4,13,16H2,1-3H3/b25-23-. The number of aliphatic hydroxyl groups excluding tert-OH is 1. The number of ether oxygens (including phenoxy) is 1. The highest BCUT2D eigenvalue weighted by atomic mass is 16.5. The van der Waals surface area contributed by atoms with Crippen molar-refractivity contribution in [2.75, 3.05) is 6.61 Å². The van der Waals surface area contributed by atoms with Crippen molar-refractivity contribution in [3.05, 3.63) is 94.4 Å². The van der Waals surface area contributed by atoms with Gasteiger partial charge in [-0.1, -0.05) is 30.7 Å². The van der Waals surface area contributed by atoms with Gasteiger partial charge in [0.25, 0.3) is 11.7 Å². The molecule has 1 unspecified atom stereocenters. The number of carbonyl (C=O) groups is 2. The summed E-state index contributed by atoms with van der Waals surface area (Å²) in [5.74, 6) is -0.539. The Bertz CT molecular complexity index is 1190. The lowest BCUT2D eigenvalue weighted by molar-refractivity contribution is -0.140. The minimum absolute atomic E-state index is 0.0162. The number of furan rings is 1. The number of hydrogen-bond acceptors (Lipinski definition) is 5. The molecule has 3 aromatic rings. The Morgan fingerprint density at radius 1 is 1.09 bits per heavy atom. The van der Waals surface area contributed by atoms with E-state index in [4.69, 9.17) is 9.15 Å². The number of carbonyl (C=O) groups excluding carboxylic acids is 2. The molecule has 0 saturated carbocycles. The SMILES string of the molecule is CCCOc1ccc(/C(O)=C2/C(=O)C(=O)N(Cc3cc(C)ccc3C)C2c2ccco2)cc1. The molecule has 1 aliphatic rings. The fraction of sp³-hybridized carbons (Fsp3) is 0.259. The zero-order valence-corrected chi connectivity index (χ0v) is 19.0. The van der Waals surface area contributed by atoms with Gasteiger partial charge in [-0.05, 0) is 67.8 Å². The zero-order valence-electron chi connectivity index (χ0n) is 19.0. The Morgan fingerprint density at radius 2 is 1.85 bits per heavy atom. The lowest BCUT2D eigenvalue weighted by atomic mass is 9.98. The summed E-state index contributed by atoms with van der Waals surface area (Å²) in [5.41, 5.74) is 3.46. The van der Waals surface area contributed by atoms with Gasteiger partial charge in [0.15, 0.2) is 0 Å². The second-order valence-electron chi connectivity index (χ2n) is 8.25. The maximum Gasteiger partial charge on any atom is 0.296 e. The van der Waals surface area contributed by atoms with Crippen LogP contribution in [-0.4, -0.2) is 28.3 Å². The van der Waals surface area contributed by atoms with E-state index in [0.717, 1.165) is 23.1 Å². The molecule has 1 aromatic heterocycles. The predicted molar refractivity (Wildman–Crippen MR) is 125 cm³/mol. The van der Waals surface area contributed by atoms with Crippen LogP contribution < -0.4 is 4.74 Å². The van der Waals surface area contributed by atoms with Gasteiger partial charge in [0.2, 0.25) is 0 Å². The van der Waals surface area contributed by atoms with E-state index in [1.165, 1.54) is 11.2 Å². The van der Waals surface area contributed by atoms with E-state index in [1.54, 1.807) is 36.4 Å². The van der Waals surface area contributed by atoms with E-state index in [1.807, 2.05) is 39.0 Å². The number of nitrogens with zero attached hydrogens (tertiary/aromatic N) is 1. The second kappa shape index (κ2) is 9.36. The van der Waals surface area contributed by atoms with Crippen molar-refractivity contribution in [1.29, 1.82) is 0 Å². The summed E-state index contributed by atoms with van der Waals surface area (Å²) < 4.78 is 11.2. The van der Waals surface area contributed by atoms with Crippen LogP contribution in [0.15, 0.2) is 70.9 Å². The molecule has 6 heteroatoms. The molecule has 1 saturated heterocycles. The molecule has 1 amide bonds. The molecule has 1 N–H and O–H groups in total. The van der Waals surface area contributed by atoms with Crippen LogP contribution in [0.1, 0.15) is 47.4 Å². The third-order valence-corrected chi connectivity index (χ3v) is 5.80. The van der Waals surface area contributed by atoms with Crippen molar-refractivity contribution in [3.63, 3.8) is 0 Å². The Labute approximate surface area is 193 Å². The number of aliphatic hydroxyl groups is 1. The smallest absolute Gasteiger partial charge is 0.296 e. The lowest BCUT2D eigenvalue weighted by Gasteiger charge is -2.24. The fourth-order valence-corrected chi connectivity index (χ4v) is 4.02. The van der Waals surface area contributed by atoms with Crippen molar-refractivity contribution in [2.24, 2.45) is 0 Å². The summed E-state index contributed by atoms with van der Waals surface area (Å²) in [6.07, 6.45) is 2.38. The highest BCUT2D eigenvalue weighted by Gasteiger charge is 2.47. The van der Waals surface area contributed by atoms with Crippen LogP contribution in [0.5, 0.6) is 5.75 Å². The van der Waals surface area contributed by atoms with Crippen LogP contribution in [-0.2, 0) is 16.1 Å². The zero-order chi connectivity index (χ0) is 23.5. The molecular weight excluding hydrogens is 418 g/mol. The summed E-state index contributed by atoms with van der Waals surface area (Å²) in [5, 5.41) is 11.1. The topological polar surface area (TPSA) is 80.0 Å². The number of Topliss-reactive ketones (excluding diaryl/α,β-unsaturated/α-hetero) is 1. The van der Waals surface area contributed by atoms with Crippen molar-refractivity contribution in [1.82, 2.24) is 4.90 Å². The van der Waals surface area contributed by atoms with Gasteiger partial charge in [-0.3, -0.25) is 9.59 Å². The molecule has 2 aromatic carbocycles. The van der Waals surface area contributed by atoms with Crippen LogP contribution in [0.2, 0.25) is 0 Å². The number of rotatable bonds is 7. The molecular formula is C27H27NO5. The van der Waals surface area contributed by atoms with Gasteiger partial charge in [-0.2, -0.15) is 0 Å². The van der Waals surface area contributed by atoms with Crippen LogP contribution in [0.3, 0.4) is 0 Å². The molecule has 0 spiro atoms. The van der Waals surface area contributed by atoms with E-state index in [-0.39, 0.29) is 17.9 Å². The molecule has 33 heavy (non-hydrogen) atoms. The van der Waals surface area contributed by atoms with Crippen molar-refractivity contribution < 1.29 is 23.8 Å². The minimum Gasteiger partial charge on any atom is -0.507 e. The van der Waals surface area contributed by atoms with E-state index in [9.17, 15) is 14.7 Å². The summed E-state index contributed by atoms with van der Waals surface area (Å²) in [6.45, 7) is 6.79. The van der Waals surface area contributed by atoms with Gasteiger partial charge in [0, 0.05) is 12.1 Å². The minimum atomic E-state index is -0.823. The third kappa shape index (κ3) is 4.42. The molecule has 1 aliphatic heterocycles. The van der Waals surface area contributed by atoms with Crippen molar-refractivity contribution in [3.8, 4) is 5.75 Å². The Morgan fingerprint density at radius 3 is 2.52 bits per heavy atom. The summed E-state index contributed by atoms with van der Waals surface area (Å²) >= 11 is 0. The van der Waals surface area contributed by atoms with Crippen LogP contribution in [0, 0.1) is 13.8 Å². The first-order valence-corrected chi connectivity index (χ1v) is 11.0. The van der Waals surface area contributed by atoms with Gasteiger partial charge < -0.3 is 19.2 Å². The first-order valence-electron chi connectivity index (χ1n) is 11.0. The average molecular weight is 446 g/mol. The van der Waals surface area contributed by atoms with Gasteiger partial charge in [-0.25, -0.2) is 0 Å². The molecule has 1 atom stereocenters. The molecule has 0 aliphatic carbocycles. The maximum atomic E-state index is 13.1. The lowest BCUT2D eigenvalue weighted by Crippen LogP contribution is -2.29. The van der Waals surface area contributed by atoms with Crippen molar-refractivity contribution >= 4 is 17.4 Å². The van der Waals surface area contributed by atoms with Crippen LogP contribution in [0.4, 0.5) is 0 Å². The number of amides is 1. The van der Waals surface area contributed by atoms with Gasteiger partial charge >= 0.3 is 0 Å². The maximum absolute atomic E-state index is 13.1. The number of aryl methyl sites for hydroxylation is 2. The van der Waals surface area contributed by atoms with Crippen LogP contribution >= 0.6 is 0 Å². The van der Waals surface area contributed by atoms with Gasteiger partial charge in [0.05, 0.1) is 18.4 Å². The molecule has 1 fully saturated rings. The normalized spacial score (nSPS) is 17.5. The molecule has 0 radical (unpaired) electrons. The first-order chi connectivity index (χ1) is 15.9. The fourth-order valence-electron chi connectivity index (χ4n) is 4.02. The second-order valence-corrected chi connectivity index (χ2v) is 8.25. The van der Waals surface area contributed by atoms with E-state index < -0.39 is 17.7 Å². The first kappa shape index (κ1) is 22.4. The number of hydrogen-bond donors (Lipinski definition) is 1. The van der Waals surface area contributed by atoms with Gasteiger partial charge in [-0.15, -0.1) is 0 Å². The Balaban J connectivity index is 1.76. The molecule has 4 rings (SSSR count). The van der Waals surface area contributed by atoms with E-state index in [0.29, 0.717) is 23.7 Å². The summed E-state index contributed by atoms with van der Waals surface area (Å²) in [4.78, 5) is 27.7. The Kier molecular flexibility index (Phi) is 6.36. The number of likely N-dealkylation sites (tertiary alicyclic amines) is 1. The van der Waals surface area contributed by atoms with E-state index in [2.05, 4.69) is 0 Å². The van der Waals surface area contributed by atoms with Crippen molar-refractivity contribution in [2.45, 2.75) is 39.8 Å². The number of ketones is 1. The summed E-state index contributed by atoms with van der Waals surface area (Å²) in [7, 11) is 0. The van der Waals surface area contributed by atoms with Crippen LogP contribution in [0.25, 0.3) is 5.76 Å². The monoisotopic (exact) mass is 445 g/mol. The quantitative estimate of drug-likeness (QED) is 0.303. The molecule has 6 nitrogen and oxygen atoms in total. The highest BCUT2D eigenvalue weighted by Crippen LogP contribution is 2.40. The molecule has 170 valence electrons. The third-order valence-electron chi connectivity index (χ3n) is 5.80.